The molecule has 1 aliphatic heterocycles. The average Bonchev–Trinajstić information content (AvgIpc) is 2.92. The standard InChI is InChI=1S/C16H23NO4/c1-4-21-16-8-12(5-6-15(16)20-3)13-7-14(10-18)17(9-13)11(2)19/h5-6,8,13-14,18H,4,7,9-10H2,1-3H3/t13-,14-/m1/s1. The van der Waals surface area contributed by atoms with Crippen LogP contribution >= 0.6 is 0 Å². The second-order valence-corrected chi connectivity index (χ2v) is 5.28. The highest BCUT2D eigenvalue weighted by atomic mass is 16.5. The van der Waals surface area contributed by atoms with Crippen LogP contribution in [0.3, 0.4) is 0 Å². The Kier molecular flexibility index (Phi) is 5.07. The molecule has 1 amide bonds. The van der Waals surface area contributed by atoms with Gasteiger partial charge in [-0.3, -0.25) is 4.79 Å². The van der Waals surface area contributed by atoms with E-state index < -0.39 is 0 Å². The van der Waals surface area contributed by atoms with Crippen LogP contribution in [-0.2, 0) is 4.79 Å². The molecule has 116 valence electrons. The third kappa shape index (κ3) is 3.29. The molecule has 0 aromatic heterocycles. The van der Waals surface area contributed by atoms with E-state index in [-0.39, 0.29) is 24.5 Å². The van der Waals surface area contributed by atoms with Gasteiger partial charge >= 0.3 is 0 Å². The molecular formula is C16H23NO4. The Balaban J connectivity index is 2.22. The topological polar surface area (TPSA) is 59.0 Å². The zero-order chi connectivity index (χ0) is 15.4. The fourth-order valence-corrected chi connectivity index (χ4v) is 2.93. The van der Waals surface area contributed by atoms with Crippen LogP contribution < -0.4 is 9.47 Å². The number of amides is 1. The number of aliphatic hydroxyl groups excluding tert-OH is 1. The molecule has 0 bridgehead atoms. The van der Waals surface area contributed by atoms with Gasteiger partial charge in [-0.25, -0.2) is 0 Å². The minimum atomic E-state index is -0.0925. The summed E-state index contributed by atoms with van der Waals surface area (Å²) in [5.74, 6) is 1.66. The van der Waals surface area contributed by atoms with Gasteiger partial charge in [0, 0.05) is 19.4 Å². The molecule has 0 spiro atoms. The number of methoxy groups -OCH3 is 1. The summed E-state index contributed by atoms with van der Waals surface area (Å²) in [7, 11) is 1.62. The maximum atomic E-state index is 11.6. The van der Waals surface area contributed by atoms with E-state index in [0.717, 1.165) is 17.7 Å². The van der Waals surface area contributed by atoms with Crippen molar-refractivity contribution in [1.29, 1.82) is 0 Å². The first-order valence-electron chi connectivity index (χ1n) is 7.29. The van der Waals surface area contributed by atoms with Gasteiger partial charge in [-0.05, 0) is 31.0 Å². The number of nitrogens with zero attached hydrogens (tertiary/aromatic N) is 1. The number of carbonyl (C=O) groups is 1. The van der Waals surface area contributed by atoms with E-state index in [4.69, 9.17) is 9.47 Å². The highest BCUT2D eigenvalue weighted by Crippen LogP contribution is 2.36. The van der Waals surface area contributed by atoms with Gasteiger partial charge in [0.05, 0.1) is 26.4 Å². The zero-order valence-electron chi connectivity index (χ0n) is 12.8. The van der Waals surface area contributed by atoms with Crippen molar-refractivity contribution < 1.29 is 19.4 Å². The average molecular weight is 293 g/mol. The summed E-state index contributed by atoms with van der Waals surface area (Å²) >= 11 is 0. The number of rotatable bonds is 5. The minimum Gasteiger partial charge on any atom is -0.493 e. The molecule has 1 N–H and O–H groups in total. The molecule has 1 aliphatic rings. The zero-order valence-corrected chi connectivity index (χ0v) is 12.8. The summed E-state index contributed by atoms with van der Waals surface area (Å²) in [6.45, 7) is 4.69. The molecular weight excluding hydrogens is 270 g/mol. The number of likely N-dealkylation sites (tertiary alicyclic amines) is 1. The molecule has 1 fully saturated rings. The summed E-state index contributed by atoms with van der Waals surface area (Å²) in [5.41, 5.74) is 1.11. The summed E-state index contributed by atoms with van der Waals surface area (Å²) in [4.78, 5) is 13.4. The van der Waals surface area contributed by atoms with Crippen molar-refractivity contribution in [2.75, 3.05) is 26.9 Å². The number of benzene rings is 1. The number of carbonyl (C=O) groups excluding carboxylic acids is 1. The molecule has 0 saturated carbocycles. The largest absolute Gasteiger partial charge is 0.493 e. The van der Waals surface area contributed by atoms with Crippen LogP contribution in [0.4, 0.5) is 0 Å². The lowest BCUT2D eigenvalue weighted by molar-refractivity contribution is -0.130. The molecule has 0 aliphatic carbocycles. The lowest BCUT2D eigenvalue weighted by atomic mass is 9.96. The third-order valence-electron chi connectivity index (χ3n) is 3.99. The molecule has 1 heterocycles. The van der Waals surface area contributed by atoms with Crippen LogP contribution in [0.1, 0.15) is 31.7 Å². The van der Waals surface area contributed by atoms with Crippen LogP contribution in [0.2, 0.25) is 0 Å². The monoisotopic (exact) mass is 293 g/mol. The van der Waals surface area contributed by atoms with Crippen molar-refractivity contribution >= 4 is 5.91 Å². The molecule has 2 atom stereocenters. The number of hydrogen-bond acceptors (Lipinski definition) is 4. The van der Waals surface area contributed by atoms with Gasteiger partial charge in [-0.2, -0.15) is 0 Å². The first-order valence-corrected chi connectivity index (χ1v) is 7.29. The van der Waals surface area contributed by atoms with Gasteiger partial charge in [0.25, 0.3) is 0 Å². The summed E-state index contributed by atoms with van der Waals surface area (Å²) in [6.07, 6.45) is 0.772. The molecule has 0 unspecified atom stereocenters. The number of ether oxygens (including phenoxy) is 2. The van der Waals surface area contributed by atoms with Crippen molar-refractivity contribution in [3.05, 3.63) is 23.8 Å². The van der Waals surface area contributed by atoms with E-state index >= 15 is 0 Å². The van der Waals surface area contributed by atoms with Crippen molar-refractivity contribution in [2.24, 2.45) is 0 Å². The van der Waals surface area contributed by atoms with E-state index in [2.05, 4.69) is 0 Å². The summed E-state index contributed by atoms with van der Waals surface area (Å²) in [5, 5.41) is 9.43. The molecule has 0 radical (unpaired) electrons. The molecule has 5 heteroatoms. The maximum Gasteiger partial charge on any atom is 0.219 e. The van der Waals surface area contributed by atoms with Gasteiger partial charge in [0.15, 0.2) is 11.5 Å². The van der Waals surface area contributed by atoms with Gasteiger partial charge in [-0.1, -0.05) is 6.07 Å². The Morgan fingerprint density at radius 1 is 1.43 bits per heavy atom. The van der Waals surface area contributed by atoms with Crippen LogP contribution in [0.15, 0.2) is 18.2 Å². The predicted molar refractivity (Wildman–Crippen MR) is 79.8 cm³/mol. The second-order valence-electron chi connectivity index (χ2n) is 5.28. The minimum absolute atomic E-state index is 0.00452. The van der Waals surface area contributed by atoms with E-state index in [0.29, 0.717) is 18.9 Å². The van der Waals surface area contributed by atoms with Crippen molar-refractivity contribution in [1.82, 2.24) is 4.90 Å². The highest BCUT2D eigenvalue weighted by Gasteiger charge is 2.34. The number of hydrogen-bond donors (Lipinski definition) is 1. The van der Waals surface area contributed by atoms with E-state index in [1.807, 2.05) is 25.1 Å². The van der Waals surface area contributed by atoms with Gasteiger partial charge in [-0.15, -0.1) is 0 Å². The predicted octanol–water partition coefficient (Wildman–Crippen LogP) is 1.79. The first kappa shape index (κ1) is 15.6. The molecule has 1 aromatic carbocycles. The summed E-state index contributed by atoms with van der Waals surface area (Å²) < 4.78 is 10.9. The van der Waals surface area contributed by atoms with Crippen LogP contribution in [0.25, 0.3) is 0 Å². The van der Waals surface area contributed by atoms with E-state index in [1.54, 1.807) is 18.9 Å². The van der Waals surface area contributed by atoms with Crippen LogP contribution in [0.5, 0.6) is 11.5 Å². The Bertz CT molecular complexity index is 503. The fraction of sp³-hybridized carbons (Fsp3) is 0.562. The van der Waals surface area contributed by atoms with Gasteiger partial charge in [0.2, 0.25) is 5.91 Å². The molecule has 1 saturated heterocycles. The van der Waals surface area contributed by atoms with Gasteiger partial charge in [0.1, 0.15) is 0 Å². The van der Waals surface area contributed by atoms with E-state index in [1.165, 1.54) is 0 Å². The Morgan fingerprint density at radius 2 is 2.19 bits per heavy atom. The lowest BCUT2D eigenvalue weighted by Crippen LogP contribution is -2.35. The molecule has 21 heavy (non-hydrogen) atoms. The van der Waals surface area contributed by atoms with Gasteiger partial charge < -0.3 is 19.5 Å². The van der Waals surface area contributed by atoms with Crippen LogP contribution in [0, 0.1) is 0 Å². The lowest BCUT2D eigenvalue weighted by Gasteiger charge is -2.20. The third-order valence-corrected chi connectivity index (χ3v) is 3.99. The van der Waals surface area contributed by atoms with Crippen LogP contribution in [-0.4, -0.2) is 48.8 Å². The normalized spacial score (nSPS) is 21.4. The van der Waals surface area contributed by atoms with Crippen molar-refractivity contribution in [2.45, 2.75) is 32.2 Å². The maximum absolute atomic E-state index is 11.6. The number of aliphatic hydroxyl groups is 1. The molecule has 2 rings (SSSR count). The smallest absolute Gasteiger partial charge is 0.219 e. The Labute approximate surface area is 125 Å². The van der Waals surface area contributed by atoms with Crippen molar-refractivity contribution in [3.8, 4) is 11.5 Å². The Morgan fingerprint density at radius 3 is 2.71 bits per heavy atom. The second kappa shape index (κ2) is 6.80. The van der Waals surface area contributed by atoms with E-state index in [9.17, 15) is 9.90 Å². The Hall–Kier alpha value is -1.75. The molecule has 1 aromatic rings. The molecule has 5 nitrogen and oxygen atoms in total. The summed E-state index contributed by atoms with van der Waals surface area (Å²) in [6, 6.07) is 5.78. The highest BCUT2D eigenvalue weighted by molar-refractivity contribution is 5.74. The first-order chi connectivity index (χ1) is 10.1. The quantitative estimate of drug-likeness (QED) is 0.899. The van der Waals surface area contributed by atoms with Crippen molar-refractivity contribution in [3.63, 3.8) is 0 Å². The SMILES string of the molecule is CCOc1cc([C@@H]2C[C@H](CO)N(C(C)=O)C2)ccc1OC. The fourth-order valence-electron chi connectivity index (χ4n) is 2.93.